The van der Waals surface area contributed by atoms with Gasteiger partial charge in [0.25, 0.3) is 0 Å². The predicted octanol–water partition coefficient (Wildman–Crippen LogP) is 3.33. The molecule has 0 heterocycles. The van der Waals surface area contributed by atoms with Crippen LogP contribution in [0.4, 0.5) is 0 Å². The molecule has 4 saturated carbocycles. The van der Waals surface area contributed by atoms with Crippen LogP contribution in [-0.4, -0.2) is 28.2 Å². The second-order valence-electron chi connectivity index (χ2n) is 9.71. The zero-order chi connectivity index (χ0) is 17.9. The second kappa shape index (κ2) is 5.83. The third-order valence-electron chi connectivity index (χ3n) is 9.01. The van der Waals surface area contributed by atoms with Crippen molar-refractivity contribution in [3.8, 4) is 11.8 Å². The van der Waals surface area contributed by atoms with Crippen LogP contribution >= 0.6 is 0 Å². The number of hydrogen-bond acceptors (Lipinski definition) is 3. The average Bonchev–Trinajstić information content (AvgIpc) is 2.85. The van der Waals surface area contributed by atoms with Gasteiger partial charge < -0.3 is 10.2 Å². The number of carbonyl (C=O) groups excluding carboxylic acids is 1. The SMILES string of the molecule is C[C@]12CCC(=O)C[C@@H]1CC[C@@H]1[C@@H]2CC[C@@]2(C)[C@H]1CC[C@@]2(O)C#CCO. The zero-order valence-electron chi connectivity index (χ0n) is 15.7. The number of Topliss-reactive ketones (excluding diaryl/α,β-unsaturated/α-hetero) is 1. The van der Waals surface area contributed by atoms with Crippen molar-refractivity contribution in [3.05, 3.63) is 0 Å². The Kier molecular flexibility index (Phi) is 4.09. The van der Waals surface area contributed by atoms with Crippen LogP contribution in [0, 0.1) is 46.3 Å². The van der Waals surface area contributed by atoms with Crippen molar-refractivity contribution >= 4 is 5.78 Å². The molecule has 0 aromatic carbocycles. The number of ketones is 1. The number of rotatable bonds is 0. The van der Waals surface area contributed by atoms with Crippen LogP contribution < -0.4 is 0 Å². The number of fused-ring (bicyclic) bond motifs is 5. The summed E-state index contributed by atoms with van der Waals surface area (Å²) in [5.41, 5.74) is -0.773. The van der Waals surface area contributed by atoms with Crippen molar-refractivity contribution < 1.29 is 15.0 Å². The Balaban J connectivity index is 1.63. The molecule has 0 amide bonds. The normalized spacial score (nSPS) is 51.8. The van der Waals surface area contributed by atoms with Gasteiger partial charge in [-0.15, -0.1) is 0 Å². The summed E-state index contributed by atoms with van der Waals surface area (Å²) in [4.78, 5) is 12.0. The molecule has 3 heteroatoms. The van der Waals surface area contributed by atoms with Crippen molar-refractivity contribution in [2.45, 2.75) is 77.2 Å². The monoisotopic (exact) mass is 344 g/mol. The summed E-state index contributed by atoms with van der Waals surface area (Å²) < 4.78 is 0. The minimum atomic E-state index is -0.939. The summed E-state index contributed by atoms with van der Waals surface area (Å²) in [7, 11) is 0. The number of carbonyl (C=O) groups is 1. The number of aliphatic hydroxyl groups is 2. The predicted molar refractivity (Wildman–Crippen MR) is 96.5 cm³/mol. The lowest BCUT2D eigenvalue weighted by atomic mass is 9.44. The maximum absolute atomic E-state index is 12.0. The lowest BCUT2D eigenvalue weighted by Gasteiger charge is -2.60. The fourth-order valence-corrected chi connectivity index (χ4v) is 7.45. The van der Waals surface area contributed by atoms with Crippen LogP contribution in [-0.2, 0) is 4.79 Å². The molecule has 2 N–H and O–H groups in total. The van der Waals surface area contributed by atoms with E-state index in [1.54, 1.807) is 0 Å². The van der Waals surface area contributed by atoms with E-state index >= 15 is 0 Å². The quantitative estimate of drug-likeness (QED) is 0.663. The molecule has 0 aromatic rings. The Morgan fingerprint density at radius 1 is 1.08 bits per heavy atom. The van der Waals surface area contributed by atoms with Gasteiger partial charge in [0.2, 0.25) is 0 Å². The summed E-state index contributed by atoms with van der Waals surface area (Å²) in [6.45, 7) is 4.52. The highest BCUT2D eigenvalue weighted by molar-refractivity contribution is 5.79. The molecule has 138 valence electrons. The van der Waals surface area contributed by atoms with E-state index in [1.165, 1.54) is 12.8 Å². The van der Waals surface area contributed by atoms with Crippen molar-refractivity contribution in [2.24, 2.45) is 34.5 Å². The van der Waals surface area contributed by atoms with E-state index in [2.05, 4.69) is 25.7 Å². The van der Waals surface area contributed by atoms with Gasteiger partial charge in [0.05, 0.1) is 0 Å². The molecule has 0 saturated heterocycles. The lowest BCUT2D eigenvalue weighted by Crippen LogP contribution is -2.56. The molecule has 3 nitrogen and oxygen atoms in total. The van der Waals surface area contributed by atoms with Gasteiger partial charge in [0, 0.05) is 18.3 Å². The molecule has 0 aromatic heterocycles. The molecule has 0 unspecified atom stereocenters. The Morgan fingerprint density at radius 3 is 2.60 bits per heavy atom. The third-order valence-corrected chi connectivity index (χ3v) is 9.01. The van der Waals surface area contributed by atoms with E-state index < -0.39 is 5.60 Å². The summed E-state index contributed by atoms with van der Waals surface area (Å²) in [6, 6.07) is 0. The highest BCUT2D eigenvalue weighted by Crippen LogP contribution is 2.67. The molecule has 4 aliphatic carbocycles. The molecule has 25 heavy (non-hydrogen) atoms. The van der Waals surface area contributed by atoms with Gasteiger partial charge in [0.1, 0.15) is 18.0 Å². The van der Waals surface area contributed by atoms with Crippen LogP contribution in [0.2, 0.25) is 0 Å². The van der Waals surface area contributed by atoms with Crippen molar-refractivity contribution in [2.75, 3.05) is 6.61 Å². The van der Waals surface area contributed by atoms with Gasteiger partial charge in [-0.25, -0.2) is 0 Å². The van der Waals surface area contributed by atoms with E-state index in [0.717, 1.165) is 44.9 Å². The molecular weight excluding hydrogens is 312 g/mol. The van der Waals surface area contributed by atoms with Gasteiger partial charge in [-0.05, 0) is 74.0 Å². The molecule has 0 aliphatic heterocycles. The Hall–Kier alpha value is -0.850. The number of aliphatic hydroxyl groups excluding tert-OH is 1. The standard InChI is InChI=1S/C22H32O3/c1-20-10-6-16(24)14-15(20)4-5-17-18(20)7-11-21(2)19(17)8-12-22(21,25)9-3-13-23/h15,17-19,23,25H,4-8,10-14H2,1-2H3/t15-,17+,18-,19-,20-,21-,22-/m0/s1. The highest BCUT2D eigenvalue weighted by Gasteiger charge is 2.64. The molecular formula is C22H32O3. The molecule has 4 fully saturated rings. The fourth-order valence-electron chi connectivity index (χ4n) is 7.45. The van der Waals surface area contributed by atoms with Crippen molar-refractivity contribution in [3.63, 3.8) is 0 Å². The first-order valence-corrected chi connectivity index (χ1v) is 10.2. The first kappa shape index (κ1) is 17.6. The molecule has 4 rings (SSSR count). The molecule has 4 aliphatic rings. The van der Waals surface area contributed by atoms with E-state index in [0.29, 0.717) is 34.9 Å². The zero-order valence-corrected chi connectivity index (χ0v) is 15.7. The maximum Gasteiger partial charge on any atom is 0.133 e. The third kappa shape index (κ3) is 2.37. The maximum atomic E-state index is 12.0. The van der Waals surface area contributed by atoms with Gasteiger partial charge in [0.15, 0.2) is 0 Å². The van der Waals surface area contributed by atoms with Crippen molar-refractivity contribution in [1.82, 2.24) is 0 Å². The van der Waals surface area contributed by atoms with Gasteiger partial charge >= 0.3 is 0 Å². The Labute approximate surface area is 151 Å². The molecule has 0 spiro atoms. The smallest absolute Gasteiger partial charge is 0.133 e. The van der Waals surface area contributed by atoms with Crippen LogP contribution in [0.25, 0.3) is 0 Å². The van der Waals surface area contributed by atoms with Crippen LogP contribution in [0.1, 0.15) is 71.6 Å². The topological polar surface area (TPSA) is 57.5 Å². The van der Waals surface area contributed by atoms with E-state index in [4.69, 9.17) is 5.11 Å². The minimum Gasteiger partial charge on any atom is -0.384 e. The van der Waals surface area contributed by atoms with Crippen LogP contribution in [0.5, 0.6) is 0 Å². The fraction of sp³-hybridized carbons (Fsp3) is 0.864. The summed E-state index contributed by atoms with van der Waals surface area (Å²) in [6.07, 6.45) is 8.98. The second-order valence-corrected chi connectivity index (χ2v) is 9.71. The van der Waals surface area contributed by atoms with E-state index in [-0.39, 0.29) is 12.0 Å². The molecule has 0 bridgehead atoms. The average molecular weight is 344 g/mol. The van der Waals surface area contributed by atoms with Gasteiger partial charge in [-0.3, -0.25) is 4.79 Å². The summed E-state index contributed by atoms with van der Waals surface area (Å²) >= 11 is 0. The number of hydrogen-bond donors (Lipinski definition) is 2. The van der Waals surface area contributed by atoms with E-state index in [1.807, 2.05) is 0 Å². The first-order valence-electron chi connectivity index (χ1n) is 10.2. The molecule has 7 atom stereocenters. The van der Waals surface area contributed by atoms with E-state index in [9.17, 15) is 9.90 Å². The van der Waals surface area contributed by atoms with Crippen LogP contribution in [0.3, 0.4) is 0 Å². The van der Waals surface area contributed by atoms with Gasteiger partial charge in [-0.2, -0.15) is 0 Å². The Morgan fingerprint density at radius 2 is 1.84 bits per heavy atom. The lowest BCUT2D eigenvalue weighted by molar-refractivity contribution is -0.147. The van der Waals surface area contributed by atoms with Crippen molar-refractivity contribution in [1.29, 1.82) is 0 Å². The Bertz CT molecular complexity index is 631. The van der Waals surface area contributed by atoms with Crippen LogP contribution in [0.15, 0.2) is 0 Å². The summed E-state index contributed by atoms with van der Waals surface area (Å²) in [5.74, 6) is 8.70. The summed E-state index contributed by atoms with van der Waals surface area (Å²) in [5, 5.41) is 20.3. The van der Waals surface area contributed by atoms with Gasteiger partial charge in [-0.1, -0.05) is 25.7 Å². The minimum absolute atomic E-state index is 0.149. The molecule has 0 radical (unpaired) electrons. The largest absolute Gasteiger partial charge is 0.384 e. The highest BCUT2D eigenvalue weighted by atomic mass is 16.3. The first-order chi connectivity index (χ1) is 11.8.